The summed E-state index contributed by atoms with van der Waals surface area (Å²) in [5.41, 5.74) is 0.551. The number of halogens is 1. The first kappa shape index (κ1) is 11.6. The molecule has 1 rings (SSSR count). The smallest absolute Gasteiger partial charge is 0.282 e. The third-order valence-electron chi connectivity index (χ3n) is 1.37. The molecule has 0 aromatic heterocycles. The van der Waals surface area contributed by atoms with Crippen molar-refractivity contribution in [2.24, 2.45) is 0 Å². The SMILES string of the molecule is Br.Cc1ccccc1S(=O)(=O)O. The number of hydrogen-bond acceptors (Lipinski definition) is 2. The molecule has 0 bridgehead atoms. The van der Waals surface area contributed by atoms with Gasteiger partial charge in [-0.05, 0) is 18.6 Å². The second-order valence-corrected chi connectivity index (χ2v) is 3.63. The van der Waals surface area contributed by atoms with Crippen LogP contribution in [0.3, 0.4) is 0 Å². The van der Waals surface area contributed by atoms with Gasteiger partial charge in [0, 0.05) is 0 Å². The lowest BCUT2D eigenvalue weighted by Gasteiger charge is -1.99. The highest BCUT2D eigenvalue weighted by Gasteiger charge is 2.10. The van der Waals surface area contributed by atoms with Crippen molar-refractivity contribution in [2.45, 2.75) is 11.8 Å². The van der Waals surface area contributed by atoms with Gasteiger partial charge in [-0.2, -0.15) is 8.42 Å². The summed E-state index contributed by atoms with van der Waals surface area (Å²) in [5, 5.41) is 0. The first-order valence-corrected chi connectivity index (χ1v) is 4.49. The Bertz CT molecular complexity index is 359. The average molecular weight is 253 g/mol. The van der Waals surface area contributed by atoms with Gasteiger partial charge < -0.3 is 0 Å². The molecular weight excluding hydrogens is 244 g/mol. The summed E-state index contributed by atoms with van der Waals surface area (Å²) in [7, 11) is -4.03. The van der Waals surface area contributed by atoms with Crippen LogP contribution in [0.15, 0.2) is 29.2 Å². The van der Waals surface area contributed by atoms with Gasteiger partial charge in [0.1, 0.15) is 0 Å². The van der Waals surface area contributed by atoms with Crippen molar-refractivity contribution in [1.82, 2.24) is 0 Å². The van der Waals surface area contributed by atoms with Gasteiger partial charge in [-0.1, -0.05) is 18.2 Å². The Labute approximate surface area is 81.9 Å². The van der Waals surface area contributed by atoms with Gasteiger partial charge in [0.2, 0.25) is 0 Å². The molecule has 0 atom stereocenters. The fourth-order valence-corrected chi connectivity index (χ4v) is 1.57. The monoisotopic (exact) mass is 252 g/mol. The van der Waals surface area contributed by atoms with E-state index in [1.54, 1.807) is 25.1 Å². The van der Waals surface area contributed by atoms with Crippen LogP contribution < -0.4 is 0 Å². The molecule has 0 aliphatic heterocycles. The molecule has 0 saturated carbocycles. The zero-order valence-corrected chi connectivity index (χ0v) is 8.92. The zero-order chi connectivity index (χ0) is 8.48. The standard InChI is InChI=1S/C7H8O3S.BrH/c1-6-4-2-3-5-7(6)11(8,9)10;/h2-5H,1H3,(H,8,9,10);1H. The molecule has 0 amide bonds. The number of aryl methyl sites for hydroxylation is 1. The van der Waals surface area contributed by atoms with Crippen LogP contribution in [0.2, 0.25) is 0 Å². The molecular formula is C7H9BrO3S. The van der Waals surface area contributed by atoms with E-state index in [0.717, 1.165) is 0 Å². The molecule has 1 N–H and O–H groups in total. The van der Waals surface area contributed by atoms with Gasteiger partial charge in [-0.15, -0.1) is 17.0 Å². The van der Waals surface area contributed by atoms with Crippen molar-refractivity contribution in [2.75, 3.05) is 0 Å². The van der Waals surface area contributed by atoms with Crippen molar-refractivity contribution in [1.29, 1.82) is 0 Å². The summed E-state index contributed by atoms with van der Waals surface area (Å²) in [4.78, 5) is -0.0278. The fourth-order valence-electron chi connectivity index (χ4n) is 0.846. The van der Waals surface area contributed by atoms with Gasteiger partial charge in [-0.25, -0.2) is 0 Å². The van der Waals surface area contributed by atoms with E-state index in [2.05, 4.69) is 0 Å². The van der Waals surface area contributed by atoms with Gasteiger partial charge >= 0.3 is 0 Å². The Morgan fingerprint density at radius 2 is 1.75 bits per heavy atom. The van der Waals surface area contributed by atoms with Crippen molar-refractivity contribution < 1.29 is 13.0 Å². The molecule has 0 unspecified atom stereocenters. The Morgan fingerprint density at radius 1 is 1.25 bits per heavy atom. The molecule has 1 aromatic carbocycles. The lowest BCUT2D eigenvalue weighted by atomic mass is 10.2. The lowest BCUT2D eigenvalue weighted by molar-refractivity contribution is 0.482. The second kappa shape index (κ2) is 4.02. The molecule has 0 fully saturated rings. The Morgan fingerprint density at radius 3 is 2.08 bits per heavy atom. The topological polar surface area (TPSA) is 54.4 Å². The maximum atomic E-state index is 10.6. The number of rotatable bonds is 1. The Kier molecular flexibility index (Phi) is 3.89. The van der Waals surface area contributed by atoms with E-state index in [9.17, 15) is 8.42 Å². The highest BCUT2D eigenvalue weighted by atomic mass is 79.9. The lowest BCUT2D eigenvalue weighted by Crippen LogP contribution is -1.99. The fraction of sp³-hybridized carbons (Fsp3) is 0.143. The first-order chi connectivity index (χ1) is 5.02. The minimum Gasteiger partial charge on any atom is -0.282 e. The van der Waals surface area contributed by atoms with E-state index in [4.69, 9.17) is 4.55 Å². The molecule has 1 aromatic rings. The zero-order valence-electron chi connectivity index (χ0n) is 6.39. The summed E-state index contributed by atoms with van der Waals surface area (Å²) < 4.78 is 29.9. The normalized spacial score (nSPS) is 10.5. The minimum atomic E-state index is -4.03. The van der Waals surface area contributed by atoms with E-state index < -0.39 is 10.1 Å². The molecule has 0 spiro atoms. The van der Waals surface area contributed by atoms with E-state index in [0.29, 0.717) is 5.56 Å². The van der Waals surface area contributed by atoms with Crippen molar-refractivity contribution in [3.8, 4) is 0 Å². The van der Waals surface area contributed by atoms with Crippen LogP contribution in [0.5, 0.6) is 0 Å². The average Bonchev–Trinajstić information content (AvgIpc) is 1.86. The van der Waals surface area contributed by atoms with Crippen LogP contribution in [0.25, 0.3) is 0 Å². The first-order valence-electron chi connectivity index (χ1n) is 3.05. The summed E-state index contributed by atoms with van der Waals surface area (Å²) in [5.74, 6) is 0. The molecule has 0 saturated heterocycles. The van der Waals surface area contributed by atoms with Gasteiger partial charge in [0.05, 0.1) is 4.90 Å². The highest BCUT2D eigenvalue weighted by Crippen LogP contribution is 2.12. The maximum absolute atomic E-state index is 10.6. The molecule has 68 valence electrons. The van der Waals surface area contributed by atoms with Crippen LogP contribution in [-0.2, 0) is 10.1 Å². The van der Waals surface area contributed by atoms with Crippen molar-refractivity contribution in [3.63, 3.8) is 0 Å². The van der Waals surface area contributed by atoms with E-state index in [-0.39, 0.29) is 21.9 Å². The summed E-state index contributed by atoms with van der Waals surface area (Å²) in [6, 6.07) is 6.27. The largest absolute Gasteiger partial charge is 0.294 e. The van der Waals surface area contributed by atoms with Crippen molar-refractivity contribution >= 4 is 27.1 Å². The quantitative estimate of drug-likeness (QED) is 0.776. The predicted octanol–water partition coefficient (Wildman–Crippen LogP) is 1.82. The molecule has 12 heavy (non-hydrogen) atoms. The number of hydrogen-bond donors (Lipinski definition) is 1. The summed E-state index contributed by atoms with van der Waals surface area (Å²) in [6.45, 7) is 1.63. The summed E-state index contributed by atoms with van der Waals surface area (Å²) >= 11 is 0. The highest BCUT2D eigenvalue weighted by molar-refractivity contribution is 8.93. The number of benzene rings is 1. The molecule has 5 heteroatoms. The Hall–Kier alpha value is -0.390. The Balaban J connectivity index is 0.00000121. The van der Waals surface area contributed by atoms with E-state index in [1.807, 2.05) is 0 Å². The van der Waals surface area contributed by atoms with E-state index >= 15 is 0 Å². The second-order valence-electron chi connectivity index (χ2n) is 2.24. The minimum absolute atomic E-state index is 0. The van der Waals surface area contributed by atoms with Crippen LogP contribution in [-0.4, -0.2) is 13.0 Å². The molecule has 0 heterocycles. The van der Waals surface area contributed by atoms with Crippen LogP contribution >= 0.6 is 17.0 Å². The van der Waals surface area contributed by atoms with Crippen LogP contribution in [0.4, 0.5) is 0 Å². The predicted molar refractivity (Wildman–Crippen MR) is 51.3 cm³/mol. The third-order valence-corrected chi connectivity index (χ3v) is 2.39. The molecule has 0 aliphatic rings. The van der Waals surface area contributed by atoms with Crippen LogP contribution in [0.1, 0.15) is 5.56 Å². The summed E-state index contributed by atoms with van der Waals surface area (Å²) in [6.07, 6.45) is 0. The van der Waals surface area contributed by atoms with E-state index in [1.165, 1.54) is 6.07 Å². The van der Waals surface area contributed by atoms with Gasteiger partial charge in [-0.3, -0.25) is 4.55 Å². The molecule has 3 nitrogen and oxygen atoms in total. The van der Waals surface area contributed by atoms with Gasteiger partial charge in [0.25, 0.3) is 10.1 Å². The molecule has 0 aliphatic carbocycles. The van der Waals surface area contributed by atoms with Gasteiger partial charge in [0.15, 0.2) is 0 Å². The maximum Gasteiger partial charge on any atom is 0.294 e. The third kappa shape index (κ3) is 2.58. The van der Waals surface area contributed by atoms with Crippen molar-refractivity contribution in [3.05, 3.63) is 29.8 Å². The molecule has 0 radical (unpaired) electrons. The van der Waals surface area contributed by atoms with Crippen LogP contribution in [0, 0.1) is 6.92 Å².